The summed E-state index contributed by atoms with van der Waals surface area (Å²) in [5.41, 5.74) is 4.13. The number of aliphatic carboxylic acids is 1. The number of phenolic OH excluding ortho intramolecular Hbond substituents is 1. The Morgan fingerprint density at radius 2 is 1.77 bits per heavy atom. The standard InChI is InChI=1S/C18H17N3O5/c22-12-7-5-11(6-8-12)17-19-14-4-2-1-3-13(14)18(26)21(17)20-15(23)9-10-16(24)25/h1-8,17,19,22H,9-10H2,(H,20,23)(H,24,25)/t17-/m1/s1. The van der Waals surface area contributed by atoms with Gasteiger partial charge in [0.2, 0.25) is 5.91 Å². The lowest BCUT2D eigenvalue weighted by Gasteiger charge is -2.37. The van der Waals surface area contributed by atoms with Crippen LogP contribution < -0.4 is 10.7 Å². The zero-order valence-electron chi connectivity index (χ0n) is 13.7. The van der Waals surface area contributed by atoms with E-state index in [1.807, 2.05) is 0 Å². The molecule has 0 saturated heterocycles. The Bertz CT molecular complexity index is 850. The van der Waals surface area contributed by atoms with E-state index in [0.717, 1.165) is 5.01 Å². The highest BCUT2D eigenvalue weighted by Crippen LogP contribution is 2.32. The maximum Gasteiger partial charge on any atom is 0.303 e. The second-order valence-electron chi connectivity index (χ2n) is 5.79. The number of amides is 2. The smallest absolute Gasteiger partial charge is 0.303 e. The monoisotopic (exact) mass is 355 g/mol. The van der Waals surface area contributed by atoms with Gasteiger partial charge in [0, 0.05) is 12.1 Å². The molecule has 3 rings (SSSR count). The first-order valence-electron chi connectivity index (χ1n) is 7.95. The van der Waals surface area contributed by atoms with Crippen LogP contribution in [0.5, 0.6) is 5.75 Å². The summed E-state index contributed by atoms with van der Waals surface area (Å²) in [5, 5.41) is 22.5. The summed E-state index contributed by atoms with van der Waals surface area (Å²) < 4.78 is 0. The predicted molar refractivity (Wildman–Crippen MR) is 92.1 cm³/mol. The molecular formula is C18H17N3O5. The number of aromatic hydroxyl groups is 1. The van der Waals surface area contributed by atoms with Gasteiger partial charge >= 0.3 is 5.97 Å². The largest absolute Gasteiger partial charge is 0.508 e. The fourth-order valence-electron chi connectivity index (χ4n) is 2.67. The number of carboxylic acid groups (broad SMARTS) is 1. The number of nitrogens with one attached hydrogen (secondary N) is 2. The predicted octanol–water partition coefficient (Wildman–Crippen LogP) is 1.85. The summed E-state index contributed by atoms with van der Waals surface area (Å²) in [4.78, 5) is 35.6. The van der Waals surface area contributed by atoms with Gasteiger partial charge in [0.05, 0.1) is 12.0 Å². The van der Waals surface area contributed by atoms with Crippen molar-refractivity contribution in [3.8, 4) is 5.75 Å². The topological polar surface area (TPSA) is 119 Å². The Morgan fingerprint density at radius 1 is 1.08 bits per heavy atom. The second-order valence-corrected chi connectivity index (χ2v) is 5.79. The van der Waals surface area contributed by atoms with Crippen molar-refractivity contribution in [1.82, 2.24) is 10.4 Å². The summed E-state index contributed by atoms with van der Waals surface area (Å²) in [7, 11) is 0. The molecule has 1 heterocycles. The molecule has 0 aromatic heterocycles. The zero-order chi connectivity index (χ0) is 18.7. The van der Waals surface area contributed by atoms with E-state index in [-0.39, 0.29) is 18.6 Å². The summed E-state index contributed by atoms with van der Waals surface area (Å²) in [5.74, 6) is -2.01. The number of hydrogen-bond donors (Lipinski definition) is 4. The molecule has 0 spiro atoms. The van der Waals surface area contributed by atoms with E-state index >= 15 is 0 Å². The molecule has 0 aliphatic carbocycles. The molecule has 0 bridgehead atoms. The number of hydrazine groups is 1. The molecule has 4 N–H and O–H groups in total. The molecule has 2 aromatic rings. The maximum atomic E-state index is 12.8. The lowest BCUT2D eigenvalue weighted by molar-refractivity contribution is -0.139. The minimum atomic E-state index is -1.09. The summed E-state index contributed by atoms with van der Waals surface area (Å²) in [6.07, 6.45) is -1.28. The molecule has 8 nitrogen and oxygen atoms in total. The quantitative estimate of drug-likeness (QED) is 0.650. The third kappa shape index (κ3) is 3.59. The average molecular weight is 355 g/mol. The lowest BCUT2D eigenvalue weighted by atomic mass is 10.0. The number of hydrogen-bond acceptors (Lipinski definition) is 5. The van der Waals surface area contributed by atoms with Gasteiger partial charge in [0.25, 0.3) is 5.91 Å². The molecular weight excluding hydrogens is 338 g/mol. The number of nitrogens with zero attached hydrogens (tertiary/aromatic N) is 1. The van der Waals surface area contributed by atoms with Crippen molar-refractivity contribution < 1.29 is 24.6 Å². The molecule has 0 radical (unpaired) electrons. The number of fused-ring (bicyclic) bond motifs is 1. The van der Waals surface area contributed by atoms with Gasteiger partial charge in [-0.3, -0.25) is 19.8 Å². The van der Waals surface area contributed by atoms with Crippen LogP contribution in [0.4, 0.5) is 5.69 Å². The molecule has 8 heteroatoms. The number of phenols is 1. The minimum Gasteiger partial charge on any atom is -0.508 e. The van der Waals surface area contributed by atoms with Crippen molar-refractivity contribution in [3.63, 3.8) is 0 Å². The van der Waals surface area contributed by atoms with E-state index in [9.17, 15) is 19.5 Å². The molecule has 0 saturated carbocycles. The van der Waals surface area contributed by atoms with Gasteiger partial charge < -0.3 is 15.5 Å². The Balaban J connectivity index is 1.91. The highest BCUT2D eigenvalue weighted by atomic mass is 16.4. The van der Waals surface area contributed by atoms with Crippen LogP contribution in [-0.4, -0.2) is 33.0 Å². The lowest BCUT2D eigenvalue weighted by Crippen LogP contribution is -2.52. The highest BCUT2D eigenvalue weighted by Gasteiger charge is 2.34. The number of para-hydroxylation sites is 1. The first-order chi connectivity index (χ1) is 12.5. The second kappa shape index (κ2) is 7.14. The van der Waals surface area contributed by atoms with E-state index < -0.39 is 23.9 Å². The van der Waals surface area contributed by atoms with Crippen LogP contribution in [0.1, 0.15) is 34.9 Å². The molecule has 2 amide bonds. The molecule has 0 unspecified atom stereocenters. The molecule has 1 aliphatic rings. The van der Waals surface area contributed by atoms with Crippen molar-refractivity contribution in [2.24, 2.45) is 0 Å². The van der Waals surface area contributed by atoms with Crippen LogP contribution in [0.2, 0.25) is 0 Å². The molecule has 0 fully saturated rings. The van der Waals surface area contributed by atoms with Crippen molar-refractivity contribution in [3.05, 3.63) is 59.7 Å². The van der Waals surface area contributed by atoms with Crippen LogP contribution in [0.15, 0.2) is 48.5 Å². The maximum absolute atomic E-state index is 12.8. The molecule has 26 heavy (non-hydrogen) atoms. The molecule has 1 atom stereocenters. The van der Waals surface area contributed by atoms with E-state index in [4.69, 9.17) is 5.11 Å². The van der Waals surface area contributed by atoms with Gasteiger partial charge in [-0.05, 0) is 29.8 Å². The van der Waals surface area contributed by atoms with Crippen molar-refractivity contribution in [1.29, 1.82) is 0 Å². The zero-order valence-corrected chi connectivity index (χ0v) is 13.7. The van der Waals surface area contributed by atoms with Gasteiger partial charge in [-0.2, -0.15) is 0 Å². The molecule has 1 aliphatic heterocycles. The normalized spacial score (nSPS) is 15.8. The number of benzene rings is 2. The van der Waals surface area contributed by atoms with Crippen LogP contribution >= 0.6 is 0 Å². The fraction of sp³-hybridized carbons (Fsp3) is 0.167. The van der Waals surface area contributed by atoms with E-state index in [1.54, 1.807) is 36.4 Å². The summed E-state index contributed by atoms with van der Waals surface area (Å²) in [6, 6.07) is 13.1. The fourth-order valence-corrected chi connectivity index (χ4v) is 2.67. The summed E-state index contributed by atoms with van der Waals surface area (Å²) >= 11 is 0. The first kappa shape index (κ1) is 17.3. The van der Waals surface area contributed by atoms with Gasteiger partial charge in [-0.25, -0.2) is 5.01 Å². The molecule has 2 aromatic carbocycles. The third-order valence-corrected chi connectivity index (χ3v) is 3.95. The Hall–Kier alpha value is -3.55. The van der Waals surface area contributed by atoms with Gasteiger partial charge in [-0.1, -0.05) is 24.3 Å². The van der Waals surface area contributed by atoms with Crippen LogP contribution in [0.3, 0.4) is 0 Å². The van der Waals surface area contributed by atoms with Crippen LogP contribution in [-0.2, 0) is 9.59 Å². The SMILES string of the molecule is O=C(O)CCC(=O)NN1C(=O)c2ccccc2N[C@H]1c1ccc(O)cc1. The first-order valence-corrected chi connectivity index (χ1v) is 7.95. The van der Waals surface area contributed by atoms with Crippen molar-refractivity contribution in [2.45, 2.75) is 19.0 Å². The van der Waals surface area contributed by atoms with Crippen LogP contribution in [0.25, 0.3) is 0 Å². The number of carboxylic acids is 1. The number of carbonyl (C=O) groups is 3. The Kier molecular flexibility index (Phi) is 4.74. The Morgan fingerprint density at radius 3 is 2.46 bits per heavy atom. The summed E-state index contributed by atoms with van der Waals surface area (Å²) in [6.45, 7) is 0. The minimum absolute atomic E-state index is 0.0772. The van der Waals surface area contributed by atoms with Gasteiger partial charge in [0.15, 0.2) is 0 Å². The van der Waals surface area contributed by atoms with E-state index in [2.05, 4.69) is 10.7 Å². The number of rotatable bonds is 5. The van der Waals surface area contributed by atoms with E-state index in [0.29, 0.717) is 16.8 Å². The van der Waals surface area contributed by atoms with E-state index in [1.165, 1.54) is 12.1 Å². The van der Waals surface area contributed by atoms with Gasteiger partial charge in [-0.15, -0.1) is 0 Å². The van der Waals surface area contributed by atoms with Crippen molar-refractivity contribution in [2.75, 3.05) is 5.32 Å². The van der Waals surface area contributed by atoms with Crippen LogP contribution in [0, 0.1) is 0 Å². The molecule has 134 valence electrons. The highest BCUT2D eigenvalue weighted by molar-refractivity contribution is 6.02. The van der Waals surface area contributed by atoms with Crippen molar-refractivity contribution >= 4 is 23.5 Å². The number of carbonyl (C=O) groups excluding carboxylic acids is 2. The van der Waals surface area contributed by atoms with Gasteiger partial charge in [0.1, 0.15) is 11.9 Å². The Labute approximate surface area is 149 Å². The third-order valence-electron chi connectivity index (χ3n) is 3.95. The average Bonchev–Trinajstić information content (AvgIpc) is 2.63. The number of anilines is 1.